The Morgan fingerprint density at radius 2 is 2.25 bits per heavy atom. The maximum atomic E-state index is 11.2. The van der Waals surface area contributed by atoms with Gasteiger partial charge in [-0.3, -0.25) is 4.79 Å². The van der Waals surface area contributed by atoms with E-state index in [-0.39, 0.29) is 19.2 Å². The lowest BCUT2D eigenvalue weighted by Gasteiger charge is -2.08. The Morgan fingerprint density at radius 3 is 3.00 bits per heavy atom. The summed E-state index contributed by atoms with van der Waals surface area (Å²) in [5.41, 5.74) is 6.82. The Bertz CT molecular complexity index is 586. The molecule has 0 saturated carbocycles. The minimum absolute atomic E-state index is 0.0670. The fraction of sp³-hybridized carbons (Fsp3) is 0.231. The average Bonchev–Trinajstić information content (AvgIpc) is 2.93. The molecule has 0 spiro atoms. The molecule has 1 amide bonds. The highest BCUT2D eigenvalue weighted by Crippen LogP contribution is 2.32. The molecule has 1 aromatic carbocycles. The van der Waals surface area contributed by atoms with Gasteiger partial charge in [-0.2, -0.15) is 0 Å². The number of carbonyl (C=O) groups excluding carboxylic acids is 1. The fourth-order valence-electron chi connectivity index (χ4n) is 1.55. The van der Waals surface area contributed by atoms with E-state index in [0.29, 0.717) is 10.9 Å². The van der Waals surface area contributed by atoms with Gasteiger partial charge in [0.15, 0.2) is 11.9 Å². The average molecular weight is 293 g/mol. The number of hydrogen-bond donors (Lipinski definition) is 2. The maximum absolute atomic E-state index is 11.2. The van der Waals surface area contributed by atoms with Crippen LogP contribution in [0.2, 0.25) is 0 Å². The third-order valence-corrected chi connectivity index (χ3v) is 3.19. The van der Waals surface area contributed by atoms with E-state index >= 15 is 0 Å². The largest absolute Gasteiger partial charge is 0.467 e. The molecule has 6 nitrogen and oxygen atoms in total. The Labute approximate surface area is 120 Å². The number of benzene rings is 1. The molecule has 2 aromatic rings. The number of amides is 1. The minimum atomic E-state index is -0.269. The van der Waals surface area contributed by atoms with E-state index in [1.54, 1.807) is 7.11 Å². The monoisotopic (exact) mass is 293 g/mol. The lowest BCUT2D eigenvalue weighted by molar-refractivity contribution is -0.114. The van der Waals surface area contributed by atoms with Crippen molar-refractivity contribution in [2.75, 3.05) is 25.8 Å². The second-order valence-corrected chi connectivity index (χ2v) is 4.70. The predicted octanol–water partition coefficient (Wildman–Crippen LogP) is 1.69. The first-order valence-electron chi connectivity index (χ1n) is 5.91. The number of methoxy groups -OCH3 is 1. The molecule has 0 saturated heterocycles. The van der Waals surface area contributed by atoms with Crippen LogP contribution in [-0.4, -0.2) is 31.3 Å². The third-order valence-electron chi connectivity index (χ3n) is 2.43. The van der Waals surface area contributed by atoms with E-state index in [9.17, 15) is 4.79 Å². The first kappa shape index (κ1) is 14.4. The third kappa shape index (κ3) is 3.53. The second-order valence-electron chi connectivity index (χ2n) is 3.84. The number of anilines is 1. The smallest absolute Gasteiger partial charge is 0.239 e. The predicted molar refractivity (Wildman–Crippen MR) is 77.7 cm³/mol. The van der Waals surface area contributed by atoms with Crippen LogP contribution in [0.5, 0.6) is 5.75 Å². The zero-order chi connectivity index (χ0) is 14.4. The number of nitrogens with two attached hydrogens (primary N) is 1. The number of nitrogens with zero attached hydrogens (tertiary/aromatic N) is 1. The van der Waals surface area contributed by atoms with Crippen molar-refractivity contribution in [3.8, 4) is 17.0 Å². The van der Waals surface area contributed by atoms with Crippen molar-refractivity contribution >= 4 is 22.4 Å². The summed E-state index contributed by atoms with van der Waals surface area (Å²) >= 11 is 1.34. The van der Waals surface area contributed by atoms with Crippen LogP contribution in [0.25, 0.3) is 11.3 Å². The zero-order valence-electron chi connectivity index (χ0n) is 11.0. The number of carbonyl (C=O) groups is 1. The van der Waals surface area contributed by atoms with E-state index < -0.39 is 0 Å². The van der Waals surface area contributed by atoms with Gasteiger partial charge in [0.05, 0.1) is 12.2 Å². The Hall–Kier alpha value is -1.96. The van der Waals surface area contributed by atoms with Crippen LogP contribution in [0.15, 0.2) is 29.6 Å². The summed E-state index contributed by atoms with van der Waals surface area (Å²) in [5, 5.41) is 4.98. The molecule has 0 aliphatic heterocycles. The van der Waals surface area contributed by atoms with Crippen molar-refractivity contribution in [3.63, 3.8) is 0 Å². The minimum Gasteiger partial charge on any atom is -0.467 e. The van der Waals surface area contributed by atoms with Crippen LogP contribution < -0.4 is 15.8 Å². The van der Waals surface area contributed by atoms with Gasteiger partial charge in [0.25, 0.3) is 0 Å². The van der Waals surface area contributed by atoms with Gasteiger partial charge in [0.1, 0.15) is 5.75 Å². The highest BCUT2D eigenvalue weighted by atomic mass is 32.1. The molecular formula is C13H15N3O3S. The van der Waals surface area contributed by atoms with Crippen LogP contribution in [0, 0.1) is 0 Å². The Kier molecular flexibility index (Phi) is 5.05. The second kappa shape index (κ2) is 6.99. The lowest BCUT2D eigenvalue weighted by atomic mass is 10.1. The molecule has 7 heteroatoms. The summed E-state index contributed by atoms with van der Waals surface area (Å²) in [6, 6.07) is 7.50. The molecule has 3 N–H and O–H groups in total. The molecule has 0 unspecified atom stereocenters. The SMILES string of the molecule is COCOc1ccccc1-c1csc(NC(=O)CN)n1. The van der Waals surface area contributed by atoms with Crippen molar-refractivity contribution in [1.29, 1.82) is 0 Å². The van der Waals surface area contributed by atoms with Gasteiger partial charge in [-0.15, -0.1) is 11.3 Å². The van der Waals surface area contributed by atoms with Crippen LogP contribution in [0.1, 0.15) is 0 Å². The van der Waals surface area contributed by atoms with Gasteiger partial charge in [0, 0.05) is 18.1 Å². The van der Waals surface area contributed by atoms with Gasteiger partial charge in [0.2, 0.25) is 5.91 Å². The van der Waals surface area contributed by atoms with Gasteiger partial charge >= 0.3 is 0 Å². The number of aromatic nitrogens is 1. The summed E-state index contributed by atoms with van der Waals surface area (Å²) in [6.45, 7) is 0.0976. The first-order chi connectivity index (χ1) is 9.74. The van der Waals surface area contributed by atoms with Crippen molar-refractivity contribution in [1.82, 2.24) is 4.98 Å². The number of ether oxygens (including phenoxy) is 2. The fourth-order valence-corrected chi connectivity index (χ4v) is 2.28. The Balaban J connectivity index is 2.21. The van der Waals surface area contributed by atoms with Crippen molar-refractivity contribution in [2.24, 2.45) is 5.73 Å². The van der Waals surface area contributed by atoms with Gasteiger partial charge in [-0.1, -0.05) is 12.1 Å². The van der Waals surface area contributed by atoms with Gasteiger partial charge in [-0.05, 0) is 12.1 Å². The van der Waals surface area contributed by atoms with E-state index in [4.69, 9.17) is 15.2 Å². The zero-order valence-corrected chi connectivity index (χ0v) is 11.8. The molecule has 2 rings (SSSR count). The van der Waals surface area contributed by atoms with Crippen LogP contribution in [0.3, 0.4) is 0 Å². The molecule has 0 atom stereocenters. The molecule has 0 aliphatic carbocycles. The quantitative estimate of drug-likeness (QED) is 0.791. The van der Waals surface area contributed by atoms with Crippen LogP contribution in [0.4, 0.5) is 5.13 Å². The topological polar surface area (TPSA) is 86.5 Å². The molecule has 1 heterocycles. The molecule has 0 radical (unpaired) electrons. The number of para-hydroxylation sites is 1. The van der Waals surface area contributed by atoms with Crippen LogP contribution in [-0.2, 0) is 9.53 Å². The van der Waals surface area contributed by atoms with E-state index in [1.807, 2.05) is 29.6 Å². The van der Waals surface area contributed by atoms with Crippen LogP contribution >= 0.6 is 11.3 Å². The molecule has 1 aromatic heterocycles. The molecule has 106 valence electrons. The summed E-state index contributed by atoms with van der Waals surface area (Å²) < 4.78 is 10.4. The lowest BCUT2D eigenvalue weighted by Crippen LogP contribution is -2.21. The molecular weight excluding hydrogens is 278 g/mol. The van der Waals surface area contributed by atoms with E-state index in [1.165, 1.54) is 11.3 Å². The highest BCUT2D eigenvalue weighted by Gasteiger charge is 2.11. The van der Waals surface area contributed by atoms with E-state index in [2.05, 4.69) is 10.3 Å². The highest BCUT2D eigenvalue weighted by molar-refractivity contribution is 7.14. The number of nitrogens with one attached hydrogen (secondary N) is 1. The summed E-state index contributed by atoms with van der Waals surface area (Å²) in [4.78, 5) is 15.6. The first-order valence-corrected chi connectivity index (χ1v) is 6.79. The molecule has 0 aliphatic rings. The van der Waals surface area contributed by atoms with Crippen molar-refractivity contribution in [2.45, 2.75) is 0 Å². The summed E-state index contributed by atoms with van der Waals surface area (Å²) in [5.74, 6) is 0.408. The van der Waals surface area contributed by atoms with Crippen molar-refractivity contribution in [3.05, 3.63) is 29.6 Å². The maximum Gasteiger partial charge on any atom is 0.239 e. The van der Waals surface area contributed by atoms with Crippen molar-refractivity contribution < 1.29 is 14.3 Å². The Morgan fingerprint density at radius 1 is 1.45 bits per heavy atom. The number of rotatable bonds is 6. The number of thiazole rings is 1. The standard InChI is InChI=1S/C13H15N3O3S/c1-18-8-19-11-5-3-2-4-9(11)10-7-20-13(15-10)16-12(17)6-14/h2-5,7H,6,8,14H2,1H3,(H,15,16,17). The summed E-state index contributed by atoms with van der Waals surface area (Å²) in [6.07, 6.45) is 0. The molecule has 0 fully saturated rings. The van der Waals surface area contributed by atoms with Gasteiger partial charge in [-0.25, -0.2) is 4.98 Å². The molecule has 0 bridgehead atoms. The number of hydrogen-bond acceptors (Lipinski definition) is 6. The molecule has 20 heavy (non-hydrogen) atoms. The summed E-state index contributed by atoms with van der Waals surface area (Å²) in [7, 11) is 1.56. The van der Waals surface area contributed by atoms with E-state index in [0.717, 1.165) is 11.3 Å². The normalized spacial score (nSPS) is 10.3. The van der Waals surface area contributed by atoms with Gasteiger partial charge < -0.3 is 20.5 Å².